The highest BCUT2D eigenvalue weighted by Crippen LogP contribution is 2.41. The molecule has 1 aromatic heterocycles. The minimum absolute atomic E-state index is 0.260. The SMILES string of the molecule is CCOC(=O)c1c(NC(=O)c2ccc(OC3CCCC3)cc2)sc(C)c1-c1ccc(C(C)CC)cc1. The van der Waals surface area contributed by atoms with E-state index < -0.39 is 5.97 Å². The molecule has 2 aromatic carbocycles. The topological polar surface area (TPSA) is 64.6 Å². The molecular formula is C30H35NO4S. The molecule has 190 valence electrons. The predicted molar refractivity (Wildman–Crippen MR) is 146 cm³/mol. The Morgan fingerprint density at radius 3 is 2.31 bits per heavy atom. The first-order valence-corrected chi connectivity index (χ1v) is 13.7. The van der Waals surface area contributed by atoms with Crippen molar-refractivity contribution in [2.45, 2.75) is 71.8 Å². The van der Waals surface area contributed by atoms with Gasteiger partial charge in [0.05, 0.1) is 12.7 Å². The van der Waals surface area contributed by atoms with Crippen LogP contribution in [0.25, 0.3) is 11.1 Å². The molecule has 1 heterocycles. The molecule has 1 aliphatic rings. The zero-order valence-corrected chi connectivity index (χ0v) is 22.4. The van der Waals surface area contributed by atoms with Crippen LogP contribution in [0.4, 0.5) is 5.00 Å². The van der Waals surface area contributed by atoms with Gasteiger partial charge in [0.25, 0.3) is 5.91 Å². The number of ether oxygens (including phenoxy) is 2. The van der Waals surface area contributed by atoms with Gasteiger partial charge in [-0.25, -0.2) is 4.79 Å². The van der Waals surface area contributed by atoms with E-state index in [1.165, 1.54) is 29.7 Å². The summed E-state index contributed by atoms with van der Waals surface area (Å²) in [7, 11) is 0. The van der Waals surface area contributed by atoms with Crippen LogP contribution in [0.2, 0.25) is 0 Å². The molecular weight excluding hydrogens is 470 g/mol. The number of benzene rings is 2. The highest BCUT2D eigenvalue weighted by atomic mass is 32.1. The van der Waals surface area contributed by atoms with Gasteiger partial charge in [0.2, 0.25) is 0 Å². The monoisotopic (exact) mass is 505 g/mol. The number of nitrogens with one attached hydrogen (secondary N) is 1. The maximum Gasteiger partial charge on any atom is 0.341 e. The zero-order chi connectivity index (χ0) is 25.7. The molecule has 6 heteroatoms. The van der Waals surface area contributed by atoms with Crippen molar-refractivity contribution in [3.8, 4) is 16.9 Å². The average Bonchev–Trinajstić information content (AvgIpc) is 3.51. The Bertz CT molecular complexity index is 1190. The zero-order valence-electron chi connectivity index (χ0n) is 21.6. The van der Waals surface area contributed by atoms with E-state index in [4.69, 9.17) is 9.47 Å². The number of esters is 1. The number of hydrogen-bond acceptors (Lipinski definition) is 5. The maximum atomic E-state index is 13.1. The van der Waals surface area contributed by atoms with Gasteiger partial charge in [-0.2, -0.15) is 0 Å². The minimum atomic E-state index is -0.432. The Kier molecular flexibility index (Phi) is 8.47. The minimum Gasteiger partial charge on any atom is -0.490 e. The lowest BCUT2D eigenvalue weighted by molar-refractivity contribution is 0.0529. The Morgan fingerprint density at radius 1 is 1.03 bits per heavy atom. The third-order valence-electron chi connectivity index (χ3n) is 6.89. The fourth-order valence-electron chi connectivity index (χ4n) is 4.65. The molecule has 3 aromatic rings. The van der Waals surface area contributed by atoms with Gasteiger partial charge in [-0.05, 0) is 87.3 Å². The molecule has 1 atom stereocenters. The summed E-state index contributed by atoms with van der Waals surface area (Å²) < 4.78 is 11.4. The second-order valence-electron chi connectivity index (χ2n) is 9.39. The first kappa shape index (κ1) is 26.0. The van der Waals surface area contributed by atoms with Crippen LogP contribution >= 0.6 is 11.3 Å². The number of rotatable bonds is 9. The van der Waals surface area contributed by atoms with Crippen molar-refractivity contribution in [1.29, 1.82) is 0 Å². The molecule has 1 aliphatic carbocycles. The highest BCUT2D eigenvalue weighted by Gasteiger charge is 2.26. The van der Waals surface area contributed by atoms with Crippen molar-refractivity contribution >= 4 is 28.2 Å². The number of carbonyl (C=O) groups is 2. The highest BCUT2D eigenvalue weighted by molar-refractivity contribution is 7.17. The smallest absolute Gasteiger partial charge is 0.341 e. The fraction of sp³-hybridized carbons (Fsp3) is 0.400. The van der Waals surface area contributed by atoms with Crippen molar-refractivity contribution in [2.75, 3.05) is 11.9 Å². The van der Waals surface area contributed by atoms with Gasteiger partial charge in [0.15, 0.2) is 0 Å². The van der Waals surface area contributed by atoms with Crippen molar-refractivity contribution in [2.24, 2.45) is 0 Å². The van der Waals surface area contributed by atoms with Crippen LogP contribution in [-0.4, -0.2) is 24.6 Å². The molecule has 1 N–H and O–H groups in total. The lowest BCUT2D eigenvalue weighted by Gasteiger charge is -2.13. The van der Waals surface area contributed by atoms with Crippen molar-refractivity contribution in [3.63, 3.8) is 0 Å². The summed E-state index contributed by atoms with van der Waals surface area (Å²) in [5.41, 5.74) is 3.93. The van der Waals surface area contributed by atoms with Gasteiger partial charge in [-0.1, -0.05) is 38.1 Å². The van der Waals surface area contributed by atoms with Gasteiger partial charge in [0.1, 0.15) is 16.3 Å². The number of anilines is 1. The molecule has 1 unspecified atom stereocenters. The van der Waals surface area contributed by atoms with Gasteiger partial charge < -0.3 is 14.8 Å². The number of amides is 1. The van der Waals surface area contributed by atoms with E-state index in [0.717, 1.165) is 41.0 Å². The second-order valence-corrected chi connectivity index (χ2v) is 10.6. The van der Waals surface area contributed by atoms with E-state index in [1.54, 1.807) is 19.1 Å². The number of aryl methyl sites for hydroxylation is 1. The van der Waals surface area contributed by atoms with E-state index in [0.29, 0.717) is 22.0 Å². The quantitative estimate of drug-likeness (QED) is 0.299. The summed E-state index contributed by atoms with van der Waals surface area (Å²) in [5.74, 6) is 0.545. The molecule has 1 fully saturated rings. The van der Waals surface area contributed by atoms with Crippen LogP contribution in [0.3, 0.4) is 0 Å². The van der Waals surface area contributed by atoms with Crippen LogP contribution < -0.4 is 10.1 Å². The van der Waals surface area contributed by atoms with Crippen molar-refractivity contribution in [3.05, 3.63) is 70.1 Å². The number of thiophene rings is 1. The second kappa shape index (κ2) is 11.7. The van der Waals surface area contributed by atoms with Gasteiger partial charge in [0, 0.05) is 16.0 Å². The summed E-state index contributed by atoms with van der Waals surface area (Å²) >= 11 is 1.40. The van der Waals surface area contributed by atoms with Crippen LogP contribution in [0, 0.1) is 6.92 Å². The third kappa shape index (κ3) is 5.81. The molecule has 0 radical (unpaired) electrons. The molecule has 5 nitrogen and oxygen atoms in total. The molecule has 0 bridgehead atoms. The lowest BCUT2D eigenvalue weighted by atomic mass is 9.94. The van der Waals surface area contributed by atoms with E-state index in [-0.39, 0.29) is 18.6 Å². The predicted octanol–water partition coefficient (Wildman–Crippen LogP) is 7.99. The van der Waals surface area contributed by atoms with Crippen molar-refractivity contribution < 1.29 is 19.1 Å². The first-order valence-electron chi connectivity index (χ1n) is 12.9. The number of carbonyl (C=O) groups excluding carboxylic acids is 2. The Morgan fingerprint density at radius 2 is 1.69 bits per heavy atom. The largest absolute Gasteiger partial charge is 0.490 e. The Balaban J connectivity index is 1.59. The maximum absolute atomic E-state index is 13.1. The summed E-state index contributed by atoms with van der Waals surface area (Å²) in [4.78, 5) is 27.1. The van der Waals surface area contributed by atoms with Crippen LogP contribution in [0.5, 0.6) is 5.75 Å². The summed E-state index contributed by atoms with van der Waals surface area (Å²) in [5, 5.41) is 3.47. The van der Waals surface area contributed by atoms with Crippen LogP contribution in [-0.2, 0) is 4.74 Å². The molecule has 0 aliphatic heterocycles. The molecule has 36 heavy (non-hydrogen) atoms. The first-order chi connectivity index (χ1) is 17.4. The van der Waals surface area contributed by atoms with Crippen molar-refractivity contribution in [1.82, 2.24) is 0 Å². The molecule has 1 amide bonds. The summed E-state index contributed by atoms with van der Waals surface area (Å²) in [6.45, 7) is 8.39. The normalized spacial score (nSPS) is 14.4. The molecule has 0 saturated heterocycles. The molecule has 1 saturated carbocycles. The fourth-order valence-corrected chi connectivity index (χ4v) is 5.71. The molecule has 0 spiro atoms. The van der Waals surface area contributed by atoms with Gasteiger partial charge in [-0.3, -0.25) is 4.79 Å². The van der Waals surface area contributed by atoms with E-state index in [1.807, 2.05) is 31.2 Å². The van der Waals surface area contributed by atoms with E-state index >= 15 is 0 Å². The van der Waals surface area contributed by atoms with Gasteiger partial charge >= 0.3 is 5.97 Å². The lowest BCUT2D eigenvalue weighted by Crippen LogP contribution is -2.15. The van der Waals surface area contributed by atoms with E-state index in [9.17, 15) is 9.59 Å². The average molecular weight is 506 g/mol. The molecule has 4 rings (SSSR count). The Labute approximate surface area is 217 Å². The summed E-state index contributed by atoms with van der Waals surface area (Å²) in [6.07, 6.45) is 5.91. The van der Waals surface area contributed by atoms with Crippen LogP contribution in [0.15, 0.2) is 48.5 Å². The van der Waals surface area contributed by atoms with E-state index in [2.05, 4.69) is 31.3 Å². The van der Waals surface area contributed by atoms with Crippen LogP contribution in [0.1, 0.15) is 89.9 Å². The third-order valence-corrected chi connectivity index (χ3v) is 7.91. The summed E-state index contributed by atoms with van der Waals surface area (Å²) in [6, 6.07) is 15.5. The standard InChI is InChI=1S/C30H35NO4S/c1-5-19(3)21-11-13-22(14-12-21)26-20(4)36-29(27(26)30(33)34-6-2)31-28(32)23-15-17-25(18-16-23)35-24-9-7-8-10-24/h11-19,24H,5-10H2,1-4H3,(H,31,32). The number of hydrogen-bond donors (Lipinski definition) is 1. The Hall–Kier alpha value is -3.12. The van der Waals surface area contributed by atoms with Gasteiger partial charge in [-0.15, -0.1) is 11.3 Å².